The van der Waals surface area contributed by atoms with Crippen molar-refractivity contribution >= 4 is 23.3 Å². The molecule has 3 rings (SSSR count). The molecule has 1 N–H and O–H groups in total. The van der Waals surface area contributed by atoms with E-state index in [1.54, 1.807) is 42.6 Å². The number of nitriles is 1. The van der Waals surface area contributed by atoms with Crippen molar-refractivity contribution in [3.63, 3.8) is 0 Å². The van der Waals surface area contributed by atoms with Crippen LogP contribution in [0.15, 0.2) is 42.6 Å². The number of piperidine rings is 1. The zero-order valence-corrected chi connectivity index (χ0v) is 15.7. The van der Waals surface area contributed by atoms with Gasteiger partial charge in [0.25, 0.3) is 5.91 Å². The first-order valence-corrected chi connectivity index (χ1v) is 9.28. The molecule has 0 bridgehead atoms. The van der Waals surface area contributed by atoms with E-state index in [0.717, 1.165) is 31.7 Å². The lowest BCUT2D eigenvalue weighted by Crippen LogP contribution is -2.40. The maximum atomic E-state index is 12.0. The van der Waals surface area contributed by atoms with E-state index in [2.05, 4.69) is 21.3 Å². The van der Waals surface area contributed by atoms with Crippen LogP contribution in [0.5, 0.6) is 5.75 Å². The van der Waals surface area contributed by atoms with Gasteiger partial charge in [-0.15, -0.1) is 0 Å². The number of rotatable bonds is 6. The number of benzene rings is 1. The number of hydrogen-bond acceptors (Lipinski definition) is 5. The maximum Gasteiger partial charge on any atom is 0.257 e. The highest BCUT2D eigenvalue weighted by Gasteiger charge is 2.22. The fourth-order valence-corrected chi connectivity index (χ4v) is 3.20. The van der Waals surface area contributed by atoms with Crippen LogP contribution in [0.25, 0.3) is 0 Å². The molecule has 1 aromatic carbocycles. The van der Waals surface area contributed by atoms with Crippen LogP contribution in [-0.2, 0) is 4.79 Å². The van der Waals surface area contributed by atoms with Crippen molar-refractivity contribution in [2.24, 2.45) is 5.92 Å². The Hall–Kier alpha value is -2.78. The van der Waals surface area contributed by atoms with Crippen LogP contribution in [0.4, 0.5) is 5.82 Å². The molecule has 27 heavy (non-hydrogen) atoms. The highest BCUT2D eigenvalue weighted by Crippen LogP contribution is 2.23. The normalized spacial score (nSPS) is 14.4. The third-order valence-corrected chi connectivity index (χ3v) is 4.84. The Morgan fingerprint density at radius 2 is 2.04 bits per heavy atom. The fraction of sp³-hybridized carbons (Fsp3) is 0.350. The zero-order valence-electron chi connectivity index (χ0n) is 14.9. The van der Waals surface area contributed by atoms with Gasteiger partial charge in [0, 0.05) is 30.9 Å². The molecule has 1 aromatic heterocycles. The summed E-state index contributed by atoms with van der Waals surface area (Å²) in [6, 6.07) is 12.7. The Kier molecular flexibility index (Phi) is 6.50. The van der Waals surface area contributed by atoms with Gasteiger partial charge in [0.05, 0.1) is 5.56 Å². The summed E-state index contributed by atoms with van der Waals surface area (Å²) in [6.45, 7) is 2.27. The monoisotopic (exact) mass is 384 g/mol. The number of amides is 1. The molecule has 0 atom stereocenters. The van der Waals surface area contributed by atoms with Crippen molar-refractivity contribution in [3.8, 4) is 11.8 Å². The molecule has 7 heteroatoms. The third-order valence-electron chi connectivity index (χ3n) is 4.59. The lowest BCUT2D eigenvalue weighted by molar-refractivity contribution is -0.123. The molecular formula is C20H21ClN4O2. The van der Waals surface area contributed by atoms with Crippen molar-refractivity contribution in [2.75, 3.05) is 31.1 Å². The van der Waals surface area contributed by atoms with E-state index < -0.39 is 0 Å². The first kappa shape index (κ1) is 19.0. The predicted molar refractivity (Wildman–Crippen MR) is 104 cm³/mol. The van der Waals surface area contributed by atoms with Crippen molar-refractivity contribution in [3.05, 3.63) is 53.2 Å². The van der Waals surface area contributed by atoms with Crippen molar-refractivity contribution < 1.29 is 9.53 Å². The second-order valence-electron chi connectivity index (χ2n) is 6.46. The number of aromatic nitrogens is 1. The summed E-state index contributed by atoms with van der Waals surface area (Å²) in [5, 5.41) is 12.8. The SMILES string of the molecule is N#Cc1cccnc1N1CCC(CNC(=O)COc2ccc(Cl)cc2)CC1. The van der Waals surface area contributed by atoms with Gasteiger partial charge < -0.3 is 15.0 Å². The van der Waals surface area contributed by atoms with Gasteiger partial charge in [-0.2, -0.15) is 5.26 Å². The van der Waals surface area contributed by atoms with Gasteiger partial charge in [0.15, 0.2) is 6.61 Å². The standard InChI is InChI=1S/C20H21ClN4O2/c21-17-3-5-18(6-4-17)27-14-19(26)24-13-15-7-10-25(11-8-15)20-16(12-22)2-1-9-23-20/h1-6,9,15H,7-8,10-11,13-14H2,(H,24,26). The summed E-state index contributed by atoms with van der Waals surface area (Å²) < 4.78 is 5.45. The summed E-state index contributed by atoms with van der Waals surface area (Å²) in [5.41, 5.74) is 0.601. The number of anilines is 1. The molecule has 140 valence electrons. The lowest BCUT2D eigenvalue weighted by Gasteiger charge is -2.33. The average molecular weight is 385 g/mol. The van der Waals surface area contributed by atoms with E-state index in [0.29, 0.717) is 28.8 Å². The van der Waals surface area contributed by atoms with Gasteiger partial charge in [-0.25, -0.2) is 4.98 Å². The number of ether oxygens (including phenoxy) is 1. The highest BCUT2D eigenvalue weighted by atomic mass is 35.5. The molecule has 0 unspecified atom stereocenters. The molecule has 0 aliphatic carbocycles. The molecular weight excluding hydrogens is 364 g/mol. The second kappa shape index (κ2) is 9.24. The Morgan fingerprint density at radius 3 is 2.74 bits per heavy atom. The highest BCUT2D eigenvalue weighted by molar-refractivity contribution is 6.30. The largest absolute Gasteiger partial charge is 0.484 e. The molecule has 0 saturated carbocycles. The molecule has 1 amide bonds. The first-order chi connectivity index (χ1) is 13.2. The van der Waals surface area contributed by atoms with E-state index in [-0.39, 0.29) is 12.5 Å². The molecule has 0 spiro atoms. The molecule has 0 radical (unpaired) electrons. The second-order valence-corrected chi connectivity index (χ2v) is 6.90. The Labute approximate surface area is 163 Å². The van der Waals surface area contributed by atoms with E-state index in [1.807, 2.05) is 0 Å². The molecule has 1 aliphatic rings. The summed E-state index contributed by atoms with van der Waals surface area (Å²) in [7, 11) is 0. The molecule has 6 nitrogen and oxygen atoms in total. The Balaban J connectivity index is 1.40. The number of nitrogens with zero attached hydrogens (tertiary/aromatic N) is 3. The van der Waals surface area contributed by atoms with E-state index in [9.17, 15) is 10.1 Å². The Bertz CT molecular complexity index is 811. The van der Waals surface area contributed by atoms with Gasteiger partial charge in [0.1, 0.15) is 17.6 Å². The van der Waals surface area contributed by atoms with Crippen LogP contribution in [0.1, 0.15) is 18.4 Å². The number of pyridine rings is 1. The van der Waals surface area contributed by atoms with Gasteiger partial charge in [-0.1, -0.05) is 11.6 Å². The average Bonchev–Trinajstić information content (AvgIpc) is 2.72. The van der Waals surface area contributed by atoms with Crippen LogP contribution in [0.2, 0.25) is 5.02 Å². The van der Waals surface area contributed by atoms with Crippen LogP contribution in [0, 0.1) is 17.2 Å². The van der Waals surface area contributed by atoms with Crippen LogP contribution in [0.3, 0.4) is 0 Å². The molecule has 2 heterocycles. The van der Waals surface area contributed by atoms with E-state index >= 15 is 0 Å². The summed E-state index contributed by atoms with van der Waals surface area (Å²) in [4.78, 5) is 18.5. The molecule has 1 aliphatic heterocycles. The summed E-state index contributed by atoms with van der Waals surface area (Å²) in [6.07, 6.45) is 3.60. The fourth-order valence-electron chi connectivity index (χ4n) is 3.07. The van der Waals surface area contributed by atoms with Gasteiger partial charge in [-0.05, 0) is 55.2 Å². The number of carbonyl (C=O) groups excluding carboxylic acids is 1. The van der Waals surface area contributed by atoms with Gasteiger partial charge in [0.2, 0.25) is 0 Å². The molecule has 2 aromatic rings. The van der Waals surface area contributed by atoms with E-state index in [4.69, 9.17) is 16.3 Å². The number of halogens is 1. The van der Waals surface area contributed by atoms with Crippen LogP contribution in [-0.4, -0.2) is 37.1 Å². The summed E-state index contributed by atoms with van der Waals surface area (Å²) in [5.74, 6) is 1.64. The van der Waals surface area contributed by atoms with Crippen molar-refractivity contribution in [2.45, 2.75) is 12.8 Å². The Morgan fingerprint density at radius 1 is 1.30 bits per heavy atom. The minimum Gasteiger partial charge on any atom is -0.484 e. The minimum absolute atomic E-state index is 0.0139. The van der Waals surface area contributed by atoms with Crippen molar-refractivity contribution in [1.82, 2.24) is 10.3 Å². The van der Waals surface area contributed by atoms with Gasteiger partial charge >= 0.3 is 0 Å². The van der Waals surface area contributed by atoms with Crippen LogP contribution >= 0.6 is 11.6 Å². The first-order valence-electron chi connectivity index (χ1n) is 8.91. The predicted octanol–water partition coefficient (Wildman–Crippen LogP) is 3.02. The number of hydrogen-bond donors (Lipinski definition) is 1. The minimum atomic E-state index is -0.135. The number of carbonyl (C=O) groups is 1. The zero-order chi connectivity index (χ0) is 19.1. The molecule has 1 saturated heterocycles. The van der Waals surface area contributed by atoms with Crippen LogP contribution < -0.4 is 15.0 Å². The summed E-state index contributed by atoms with van der Waals surface area (Å²) >= 11 is 5.82. The smallest absolute Gasteiger partial charge is 0.257 e. The molecule has 1 fully saturated rings. The van der Waals surface area contributed by atoms with E-state index in [1.165, 1.54) is 0 Å². The lowest BCUT2D eigenvalue weighted by atomic mass is 9.96. The quantitative estimate of drug-likeness (QED) is 0.828. The van der Waals surface area contributed by atoms with Gasteiger partial charge in [-0.3, -0.25) is 4.79 Å². The number of nitrogens with one attached hydrogen (secondary N) is 1. The van der Waals surface area contributed by atoms with Crippen molar-refractivity contribution in [1.29, 1.82) is 5.26 Å². The third kappa shape index (κ3) is 5.35. The topological polar surface area (TPSA) is 78.3 Å². The maximum absolute atomic E-state index is 12.0.